The van der Waals surface area contributed by atoms with Crippen LogP contribution >= 0.6 is 0 Å². The van der Waals surface area contributed by atoms with Gasteiger partial charge >= 0.3 is 15.5 Å². The molecule has 0 spiro atoms. The predicted octanol–water partition coefficient (Wildman–Crippen LogP) is 1.48. The van der Waals surface area contributed by atoms with Crippen LogP contribution in [0.15, 0.2) is 16.5 Å². The van der Waals surface area contributed by atoms with Gasteiger partial charge in [0, 0.05) is 6.21 Å². The van der Waals surface area contributed by atoms with Gasteiger partial charge in [0.05, 0.1) is 0 Å². The minimum absolute atomic E-state index is 0.572. The molecule has 0 saturated heterocycles. The molecule has 0 heterocycles. The van der Waals surface area contributed by atoms with Gasteiger partial charge in [-0.3, -0.25) is 0 Å². The van der Waals surface area contributed by atoms with Crippen LogP contribution in [0.5, 0.6) is 0 Å². The first kappa shape index (κ1) is 11.2. The summed E-state index contributed by atoms with van der Waals surface area (Å²) in [5.74, 6) is 0. The molecule has 0 bridgehead atoms. The molecule has 7 heteroatoms. The summed E-state index contributed by atoms with van der Waals surface area (Å²) < 4.78 is 57.3. The lowest BCUT2D eigenvalue weighted by atomic mass is 10.6. The van der Waals surface area contributed by atoms with Crippen molar-refractivity contribution in [2.24, 2.45) is 4.40 Å². The second-order valence-electron chi connectivity index (χ2n) is 1.70. The summed E-state index contributed by atoms with van der Waals surface area (Å²) in [5, 5.41) is 0. The molecule has 0 atom stereocenters. The van der Waals surface area contributed by atoms with Crippen molar-refractivity contribution in [1.29, 1.82) is 0 Å². The average Bonchev–Trinajstić information content (AvgIpc) is 1.85. The van der Waals surface area contributed by atoms with Crippen LogP contribution in [0, 0.1) is 0 Å². The van der Waals surface area contributed by atoms with E-state index in [0.717, 1.165) is 6.08 Å². The molecule has 0 radical (unpaired) electrons. The first-order chi connectivity index (χ1) is 5.31. The van der Waals surface area contributed by atoms with Gasteiger partial charge < -0.3 is 0 Å². The Balaban J connectivity index is 4.68. The molecule has 0 aromatic heterocycles. The highest BCUT2D eigenvalue weighted by Crippen LogP contribution is 2.23. The second kappa shape index (κ2) is 3.70. The fourth-order valence-electron chi connectivity index (χ4n) is 0.261. The Kier molecular flexibility index (Phi) is 3.44. The molecule has 3 nitrogen and oxygen atoms in total. The molecule has 0 aliphatic carbocycles. The minimum atomic E-state index is -5.35. The summed E-state index contributed by atoms with van der Waals surface area (Å²) in [6, 6.07) is 0. The van der Waals surface area contributed by atoms with Gasteiger partial charge in [-0.2, -0.15) is 26.0 Å². The van der Waals surface area contributed by atoms with E-state index in [-0.39, 0.29) is 0 Å². The van der Waals surface area contributed by atoms with Gasteiger partial charge in [-0.25, -0.2) is 0 Å². The minimum Gasteiger partial charge on any atom is -0.195 e. The van der Waals surface area contributed by atoms with Crippen LogP contribution in [0.3, 0.4) is 0 Å². The lowest BCUT2D eigenvalue weighted by Gasteiger charge is -2.00. The highest BCUT2D eigenvalue weighted by molar-refractivity contribution is 7.91. The Morgan fingerprint density at radius 1 is 1.33 bits per heavy atom. The van der Waals surface area contributed by atoms with Crippen LogP contribution in [0.1, 0.15) is 6.92 Å². The Hall–Kier alpha value is -0.850. The molecule has 12 heavy (non-hydrogen) atoms. The number of hydrogen-bond donors (Lipinski definition) is 0. The van der Waals surface area contributed by atoms with Crippen molar-refractivity contribution in [3.63, 3.8) is 0 Å². The summed E-state index contributed by atoms with van der Waals surface area (Å²) in [6.07, 6.45) is 3.02. The molecule has 0 fully saturated rings. The molecule has 0 amide bonds. The van der Waals surface area contributed by atoms with Gasteiger partial charge in [0.15, 0.2) is 0 Å². The number of allylic oxidation sites excluding steroid dienone is 2. The summed E-state index contributed by atoms with van der Waals surface area (Å²) >= 11 is 0. The quantitative estimate of drug-likeness (QED) is 0.635. The van der Waals surface area contributed by atoms with E-state index in [2.05, 4.69) is 4.40 Å². The Morgan fingerprint density at radius 3 is 2.17 bits per heavy atom. The molecule has 0 aliphatic rings. The number of nitrogens with zero attached hydrogens (tertiary/aromatic N) is 1. The van der Waals surface area contributed by atoms with Crippen LogP contribution in [-0.2, 0) is 10.0 Å². The maximum atomic E-state index is 11.5. The Morgan fingerprint density at radius 2 is 1.83 bits per heavy atom. The standard InChI is InChI=1S/C5H6F3NO2S/c1-2-3-4-9-12(10,11)5(6,7)8/h2-4H,1H3/b3-2+,9-4+. The Labute approximate surface area is 67.7 Å². The molecule has 0 N–H and O–H groups in total. The van der Waals surface area contributed by atoms with Crippen LogP contribution in [0.25, 0.3) is 0 Å². The van der Waals surface area contributed by atoms with E-state index in [0.29, 0.717) is 6.21 Å². The van der Waals surface area contributed by atoms with Crippen LogP contribution in [0.4, 0.5) is 13.2 Å². The first-order valence-electron chi connectivity index (χ1n) is 2.79. The monoisotopic (exact) mass is 201 g/mol. The third-order valence-corrected chi connectivity index (χ3v) is 1.75. The molecule has 0 aliphatic heterocycles. The van der Waals surface area contributed by atoms with Crippen LogP contribution < -0.4 is 0 Å². The molecular formula is C5H6F3NO2S. The largest absolute Gasteiger partial charge is 0.518 e. The lowest BCUT2D eigenvalue weighted by molar-refractivity contribution is -0.0435. The summed E-state index contributed by atoms with van der Waals surface area (Å²) in [6.45, 7) is 1.52. The predicted molar refractivity (Wildman–Crippen MR) is 38.3 cm³/mol. The van der Waals surface area contributed by atoms with Crippen molar-refractivity contribution in [3.8, 4) is 0 Å². The molecule has 0 aromatic rings. The van der Waals surface area contributed by atoms with Crippen molar-refractivity contribution >= 4 is 16.2 Å². The van der Waals surface area contributed by atoms with E-state index in [1.807, 2.05) is 0 Å². The summed E-state index contributed by atoms with van der Waals surface area (Å²) in [7, 11) is -5.35. The van der Waals surface area contributed by atoms with Crippen molar-refractivity contribution in [2.45, 2.75) is 12.4 Å². The first-order valence-corrected chi connectivity index (χ1v) is 4.23. The fourth-order valence-corrected chi connectivity index (χ4v) is 0.611. The molecule has 70 valence electrons. The van der Waals surface area contributed by atoms with E-state index in [9.17, 15) is 21.6 Å². The topological polar surface area (TPSA) is 46.5 Å². The van der Waals surface area contributed by atoms with Crippen molar-refractivity contribution in [2.75, 3.05) is 0 Å². The summed E-state index contributed by atoms with van der Waals surface area (Å²) in [4.78, 5) is 0. The fraction of sp³-hybridized carbons (Fsp3) is 0.400. The normalized spacial score (nSPS) is 14.7. The number of rotatable bonds is 2. The maximum absolute atomic E-state index is 11.5. The molecule has 0 saturated carbocycles. The highest BCUT2D eigenvalue weighted by Gasteiger charge is 2.45. The lowest BCUT2D eigenvalue weighted by Crippen LogP contribution is -2.20. The highest BCUT2D eigenvalue weighted by atomic mass is 32.2. The van der Waals surface area contributed by atoms with E-state index in [1.54, 1.807) is 0 Å². The SMILES string of the molecule is C/C=C/C=N/S(=O)(=O)C(F)(F)F. The third-order valence-electron chi connectivity index (χ3n) is 0.771. The zero-order valence-corrected chi connectivity index (χ0v) is 6.85. The Bertz CT molecular complexity index is 288. The van der Waals surface area contributed by atoms with Crippen molar-refractivity contribution < 1.29 is 21.6 Å². The number of halogens is 3. The number of alkyl halides is 3. The van der Waals surface area contributed by atoms with Crippen LogP contribution in [0.2, 0.25) is 0 Å². The smallest absolute Gasteiger partial charge is 0.195 e. The van der Waals surface area contributed by atoms with E-state index in [4.69, 9.17) is 0 Å². The zero-order valence-electron chi connectivity index (χ0n) is 6.04. The van der Waals surface area contributed by atoms with E-state index >= 15 is 0 Å². The van der Waals surface area contributed by atoms with Crippen molar-refractivity contribution in [3.05, 3.63) is 12.2 Å². The van der Waals surface area contributed by atoms with Crippen molar-refractivity contribution in [1.82, 2.24) is 0 Å². The second-order valence-corrected chi connectivity index (χ2v) is 3.32. The number of sulfonamides is 1. The van der Waals surface area contributed by atoms with Gasteiger partial charge in [-0.05, 0) is 13.0 Å². The number of hydrogen-bond acceptors (Lipinski definition) is 2. The molecule has 0 rings (SSSR count). The van der Waals surface area contributed by atoms with Gasteiger partial charge in [0.2, 0.25) is 0 Å². The van der Waals surface area contributed by atoms with E-state index < -0.39 is 15.5 Å². The average molecular weight is 201 g/mol. The summed E-state index contributed by atoms with van der Waals surface area (Å²) in [5.41, 5.74) is -5.31. The van der Waals surface area contributed by atoms with Crippen LogP contribution in [-0.4, -0.2) is 20.1 Å². The van der Waals surface area contributed by atoms with Gasteiger partial charge in [-0.1, -0.05) is 6.08 Å². The maximum Gasteiger partial charge on any atom is 0.518 e. The third kappa shape index (κ3) is 3.04. The van der Waals surface area contributed by atoms with Gasteiger partial charge in [0.25, 0.3) is 0 Å². The molecule has 0 unspecified atom stereocenters. The van der Waals surface area contributed by atoms with Gasteiger partial charge in [-0.15, -0.1) is 0 Å². The molecular weight excluding hydrogens is 195 g/mol. The van der Waals surface area contributed by atoms with E-state index in [1.165, 1.54) is 13.0 Å². The zero-order chi connectivity index (χ0) is 9.83. The van der Waals surface area contributed by atoms with Gasteiger partial charge in [0.1, 0.15) is 0 Å². The molecule has 0 aromatic carbocycles.